The molecule has 1 N–H and O–H groups in total. The molecule has 2 unspecified atom stereocenters. The first kappa shape index (κ1) is 18.2. The maximum atomic E-state index is 12.5. The number of hydrogen-bond donors (Lipinski definition) is 1. The number of carbonyl (C=O) groups is 1. The average Bonchev–Trinajstić information content (AvgIpc) is 3.31. The van der Waals surface area contributed by atoms with Crippen LogP contribution in [0.3, 0.4) is 0 Å². The topological polar surface area (TPSA) is 96.1 Å². The third kappa shape index (κ3) is 3.07. The zero-order valence-electron chi connectivity index (χ0n) is 16.4. The molecule has 6 heterocycles. The van der Waals surface area contributed by atoms with Crippen LogP contribution in [-0.2, 0) is 4.74 Å². The lowest BCUT2D eigenvalue weighted by Crippen LogP contribution is -2.70. The molecule has 3 aromatic heterocycles. The summed E-state index contributed by atoms with van der Waals surface area (Å²) in [5, 5.41) is 17.6. The molecule has 3 saturated heterocycles. The summed E-state index contributed by atoms with van der Waals surface area (Å²) in [4.78, 5) is 25.3. The van der Waals surface area contributed by atoms with Gasteiger partial charge in [-0.2, -0.15) is 4.98 Å². The van der Waals surface area contributed by atoms with Gasteiger partial charge in [-0.05, 0) is 39.3 Å². The fourth-order valence-corrected chi connectivity index (χ4v) is 4.62. The van der Waals surface area contributed by atoms with Crippen LogP contribution in [0, 0.1) is 0 Å². The summed E-state index contributed by atoms with van der Waals surface area (Å²) in [6.07, 6.45) is 2.43. The minimum absolute atomic E-state index is 0.0709. The van der Waals surface area contributed by atoms with E-state index in [1.54, 1.807) is 22.8 Å². The van der Waals surface area contributed by atoms with Gasteiger partial charge in [0.2, 0.25) is 5.95 Å². The van der Waals surface area contributed by atoms with Crippen molar-refractivity contribution in [3.8, 4) is 16.5 Å². The predicted molar refractivity (Wildman–Crippen MR) is 108 cm³/mol. The molecule has 2 bridgehead atoms. The van der Waals surface area contributed by atoms with Crippen LogP contribution in [0.15, 0.2) is 23.7 Å². The minimum atomic E-state index is -0.506. The van der Waals surface area contributed by atoms with Gasteiger partial charge in [0.05, 0.1) is 12.1 Å². The van der Waals surface area contributed by atoms with E-state index in [2.05, 4.69) is 20.0 Å². The number of rotatable bonds is 2. The molecule has 0 spiro atoms. The molecule has 3 aromatic rings. The van der Waals surface area contributed by atoms with Crippen molar-refractivity contribution in [2.45, 2.75) is 44.9 Å². The molecular formula is C19H22N6O3S. The number of piperazine rings is 1. The van der Waals surface area contributed by atoms with E-state index in [0.29, 0.717) is 24.7 Å². The maximum absolute atomic E-state index is 12.5. The van der Waals surface area contributed by atoms with Crippen LogP contribution in [0.25, 0.3) is 16.3 Å². The van der Waals surface area contributed by atoms with E-state index in [0.717, 1.165) is 17.1 Å². The van der Waals surface area contributed by atoms with Crippen LogP contribution in [0.1, 0.15) is 27.2 Å². The highest BCUT2D eigenvalue weighted by atomic mass is 32.1. The second-order valence-electron chi connectivity index (χ2n) is 8.42. The third-order valence-corrected chi connectivity index (χ3v) is 5.98. The van der Waals surface area contributed by atoms with E-state index >= 15 is 0 Å². The van der Waals surface area contributed by atoms with Gasteiger partial charge in [0.25, 0.3) is 0 Å². The highest BCUT2D eigenvalue weighted by molar-refractivity contribution is 7.13. The number of anilines is 1. The monoisotopic (exact) mass is 414 g/mol. The SMILES string of the molecule is CC(C)(C)OC(=O)N1C2CC1CN(c1nc3c(O)ccc(-c4nccs4)n3n1)C2. The first-order chi connectivity index (χ1) is 13.8. The van der Waals surface area contributed by atoms with Crippen LogP contribution in [-0.4, -0.2) is 66.5 Å². The van der Waals surface area contributed by atoms with Crippen LogP contribution in [0.5, 0.6) is 5.75 Å². The zero-order valence-corrected chi connectivity index (χ0v) is 17.3. The number of fused-ring (bicyclic) bond motifs is 3. The largest absolute Gasteiger partial charge is 0.504 e. The van der Waals surface area contributed by atoms with Crippen molar-refractivity contribution < 1.29 is 14.6 Å². The Labute approximate surface area is 171 Å². The van der Waals surface area contributed by atoms with Crippen molar-refractivity contribution in [3.63, 3.8) is 0 Å². The number of aromatic nitrogens is 4. The van der Waals surface area contributed by atoms with Gasteiger partial charge in [-0.3, -0.25) is 4.90 Å². The predicted octanol–water partition coefficient (Wildman–Crippen LogP) is 2.76. The van der Waals surface area contributed by atoms with Gasteiger partial charge >= 0.3 is 6.09 Å². The number of amides is 1. The van der Waals surface area contributed by atoms with E-state index in [9.17, 15) is 9.90 Å². The van der Waals surface area contributed by atoms with Gasteiger partial charge in [-0.15, -0.1) is 16.4 Å². The number of piperidine rings is 1. The maximum Gasteiger partial charge on any atom is 0.410 e. The highest BCUT2D eigenvalue weighted by Gasteiger charge is 2.49. The van der Waals surface area contributed by atoms with Crippen LogP contribution in [0.2, 0.25) is 0 Å². The standard InChI is InChI=1S/C19H22N6O3S/c1-19(2,3)28-18(27)24-11-8-12(24)10-23(9-11)17-21-15-14(26)5-4-13(25(15)22-17)16-20-6-7-29-16/h4-7,11-12,26H,8-10H2,1-3H3. The summed E-state index contributed by atoms with van der Waals surface area (Å²) >= 11 is 1.50. The number of pyridine rings is 1. The first-order valence-electron chi connectivity index (χ1n) is 9.55. The van der Waals surface area contributed by atoms with E-state index < -0.39 is 5.60 Å². The molecule has 152 valence electrons. The van der Waals surface area contributed by atoms with E-state index in [1.165, 1.54) is 11.3 Å². The molecule has 9 nitrogen and oxygen atoms in total. The number of thiazole rings is 1. The Morgan fingerprint density at radius 1 is 1.28 bits per heavy atom. The number of ether oxygens (including phenoxy) is 1. The molecule has 0 radical (unpaired) electrons. The lowest BCUT2D eigenvalue weighted by Gasteiger charge is -2.55. The van der Waals surface area contributed by atoms with Crippen molar-refractivity contribution in [3.05, 3.63) is 23.7 Å². The molecule has 3 fully saturated rings. The fraction of sp³-hybridized carbons (Fsp3) is 0.474. The van der Waals surface area contributed by atoms with Gasteiger partial charge in [-0.1, -0.05) is 0 Å². The lowest BCUT2D eigenvalue weighted by atomic mass is 9.88. The Balaban J connectivity index is 1.40. The number of nitrogens with zero attached hydrogens (tertiary/aromatic N) is 6. The first-order valence-corrected chi connectivity index (χ1v) is 10.4. The van der Waals surface area contributed by atoms with Crippen molar-refractivity contribution in [2.24, 2.45) is 0 Å². The Morgan fingerprint density at radius 2 is 2.03 bits per heavy atom. The zero-order chi connectivity index (χ0) is 20.3. The van der Waals surface area contributed by atoms with Gasteiger partial charge in [0.1, 0.15) is 16.3 Å². The van der Waals surface area contributed by atoms with Crippen molar-refractivity contribution in [2.75, 3.05) is 18.0 Å². The molecular weight excluding hydrogens is 392 g/mol. The summed E-state index contributed by atoms with van der Waals surface area (Å²) < 4.78 is 7.17. The van der Waals surface area contributed by atoms with Gasteiger partial charge in [0, 0.05) is 24.7 Å². The van der Waals surface area contributed by atoms with Crippen molar-refractivity contribution >= 4 is 29.0 Å². The second kappa shape index (κ2) is 6.31. The molecule has 10 heteroatoms. The van der Waals surface area contributed by atoms with Crippen LogP contribution >= 0.6 is 11.3 Å². The van der Waals surface area contributed by atoms with Crippen LogP contribution in [0.4, 0.5) is 10.7 Å². The van der Waals surface area contributed by atoms with Crippen molar-refractivity contribution in [1.29, 1.82) is 0 Å². The Bertz CT molecular complexity index is 1060. The van der Waals surface area contributed by atoms with Gasteiger partial charge < -0.3 is 14.7 Å². The molecule has 0 aromatic carbocycles. The average molecular weight is 414 g/mol. The van der Waals surface area contributed by atoms with E-state index in [1.807, 2.05) is 31.1 Å². The lowest BCUT2D eigenvalue weighted by molar-refractivity contribution is -0.0381. The second-order valence-corrected chi connectivity index (χ2v) is 9.32. The molecule has 29 heavy (non-hydrogen) atoms. The molecule has 3 aliphatic heterocycles. The fourth-order valence-electron chi connectivity index (χ4n) is 3.97. The van der Waals surface area contributed by atoms with E-state index in [-0.39, 0.29) is 23.9 Å². The molecule has 0 saturated carbocycles. The van der Waals surface area contributed by atoms with Gasteiger partial charge in [0.15, 0.2) is 11.4 Å². The summed E-state index contributed by atoms with van der Waals surface area (Å²) in [5.41, 5.74) is 0.674. The molecule has 6 rings (SSSR count). The molecule has 1 amide bonds. The molecule has 0 aliphatic carbocycles. The number of aromatic hydroxyl groups is 1. The smallest absolute Gasteiger partial charge is 0.410 e. The minimum Gasteiger partial charge on any atom is -0.504 e. The Kier molecular flexibility index (Phi) is 3.95. The quantitative estimate of drug-likeness (QED) is 0.689. The molecule has 2 atom stereocenters. The summed E-state index contributed by atoms with van der Waals surface area (Å²) in [5.74, 6) is 0.615. The number of hydrogen-bond acceptors (Lipinski definition) is 8. The summed E-state index contributed by atoms with van der Waals surface area (Å²) in [7, 11) is 0. The van der Waals surface area contributed by atoms with E-state index in [4.69, 9.17) is 4.74 Å². The van der Waals surface area contributed by atoms with Gasteiger partial charge in [-0.25, -0.2) is 14.3 Å². The third-order valence-electron chi connectivity index (χ3n) is 5.18. The number of carbonyl (C=O) groups excluding carboxylic acids is 1. The Hall–Kier alpha value is -2.88. The Morgan fingerprint density at radius 3 is 2.69 bits per heavy atom. The highest BCUT2D eigenvalue weighted by Crippen LogP contribution is 2.36. The molecule has 3 aliphatic rings. The summed E-state index contributed by atoms with van der Waals surface area (Å²) in [6, 6.07) is 3.57. The van der Waals surface area contributed by atoms with Crippen LogP contribution < -0.4 is 4.90 Å². The normalized spacial score (nSPS) is 21.3. The summed E-state index contributed by atoms with van der Waals surface area (Å²) in [6.45, 7) is 6.90. The van der Waals surface area contributed by atoms with Crippen molar-refractivity contribution in [1.82, 2.24) is 24.5 Å².